The van der Waals surface area contributed by atoms with Gasteiger partial charge in [-0.25, -0.2) is 4.39 Å². The van der Waals surface area contributed by atoms with Gasteiger partial charge in [-0.3, -0.25) is 9.59 Å². The molecule has 0 heterocycles. The van der Waals surface area contributed by atoms with Crippen molar-refractivity contribution in [2.45, 2.75) is 4.90 Å². The Morgan fingerprint density at radius 2 is 1.50 bits per heavy atom. The average Bonchev–Trinajstić information content (AvgIpc) is 2.78. The molecule has 0 saturated carbocycles. The van der Waals surface area contributed by atoms with Crippen LogP contribution in [0.25, 0.3) is 0 Å². The van der Waals surface area contributed by atoms with Crippen LogP contribution in [0.4, 0.5) is 10.1 Å². The first-order valence-corrected chi connectivity index (χ1v) is 10.0. The van der Waals surface area contributed by atoms with Gasteiger partial charge < -0.3 is 14.8 Å². The molecular weight excluding hydrogens is 405 g/mol. The van der Waals surface area contributed by atoms with Crippen molar-refractivity contribution in [2.24, 2.45) is 0 Å². The smallest absolute Gasteiger partial charge is 0.263 e. The van der Waals surface area contributed by atoms with Gasteiger partial charge in [-0.05, 0) is 60.7 Å². The molecule has 0 aliphatic carbocycles. The number of ketones is 1. The van der Waals surface area contributed by atoms with E-state index in [-0.39, 0.29) is 23.3 Å². The fourth-order valence-corrected chi connectivity index (χ4v) is 3.56. The molecule has 7 heteroatoms. The van der Waals surface area contributed by atoms with Crippen molar-refractivity contribution in [1.82, 2.24) is 0 Å². The molecule has 3 aromatic rings. The number of carbonyl (C=O) groups excluding carboxylic acids is 2. The van der Waals surface area contributed by atoms with E-state index in [1.54, 1.807) is 30.3 Å². The number of thioether (sulfide) groups is 1. The number of hydrogen-bond donors (Lipinski definition) is 1. The number of rotatable bonds is 8. The molecule has 0 spiro atoms. The Balaban J connectivity index is 1.63. The van der Waals surface area contributed by atoms with Crippen LogP contribution in [0.3, 0.4) is 0 Å². The quantitative estimate of drug-likeness (QED) is 0.403. The van der Waals surface area contributed by atoms with E-state index in [9.17, 15) is 14.0 Å². The monoisotopic (exact) mass is 425 g/mol. The number of Topliss-reactive ketones (excluding diaryl/α,β-unsaturated/α-hetero) is 1. The van der Waals surface area contributed by atoms with Gasteiger partial charge in [0.15, 0.2) is 5.78 Å². The topological polar surface area (TPSA) is 64.6 Å². The van der Waals surface area contributed by atoms with E-state index in [0.29, 0.717) is 28.3 Å². The first-order chi connectivity index (χ1) is 14.5. The summed E-state index contributed by atoms with van der Waals surface area (Å²) in [6.07, 6.45) is 0. The number of anilines is 1. The largest absolute Gasteiger partial charge is 0.496 e. The van der Waals surface area contributed by atoms with Crippen LogP contribution in [0.5, 0.6) is 11.5 Å². The van der Waals surface area contributed by atoms with Crippen molar-refractivity contribution in [3.8, 4) is 11.5 Å². The van der Waals surface area contributed by atoms with E-state index in [0.717, 1.165) is 4.90 Å². The number of benzene rings is 3. The standard InChI is InChI=1S/C23H20FNO4S/c1-28-20-4-3-5-21(29-2)22(20)23(27)25-17-10-12-18(13-11-17)30-14-19(26)15-6-8-16(24)9-7-15/h3-13H,14H2,1-2H3,(H,25,27). The lowest BCUT2D eigenvalue weighted by molar-refractivity contribution is 0.101. The molecule has 0 aliphatic rings. The summed E-state index contributed by atoms with van der Waals surface area (Å²) in [7, 11) is 2.98. The summed E-state index contributed by atoms with van der Waals surface area (Å²) in [6, 6.07) is 17.8. The Labute approximate surface area is 178 Å². The normalized spacial score (nSPS) is 10.4. The number of nitrogens with one attached hydrogen (secondary N) is 1. The van der Waals surface area contributed by atoms with Crippen molar-refractivity contribution in [2.75, 3.05) is 25.3 Å². The zero-order chi connectivity index (χ0) is 21.5. The van der Waals surface area contributed by atoms with Crippen molar-refractivity contribution in [3.05, 3.63) is 83.7 Å². The first kappa shape index (κ1) is 21.4. The Morgan fingerprint density at radius 3 is 2.07 bits per heavy atom. The predicted octanol–water partition coefficient (Wildman–Crippen LogP) is 5.07. The second kappa shape index (κ2) is 9.93. The van der Waals surface area contributed by atoms with Crippen LogP contribution in [-0.4, -0.2) is 31.7 Å². The minimum absolute atomic E-state index is 0.0827. The van der Waals surface area contributed by atoms with Gasteiger partial charge in [0.1, 0.15) is 22.9 Å². The molecule has 0 aromatic heterocycles. The van der Waals surface area contributed by atoms with E-state index in [2.05, 4.69) is 5.32 Å². The van der Waals surface area contributed by atoms with Crippen molar-refractivity contribution in [3.63, 3.8) is 0 Å². The highest BCUT2D eigenvalue weighted by atomic mass is 32.2. The van der Waals surface area contributed by atoms with Gasteiger partial charge in [0, 0.05) is 16.1 Å². The van der Waals surface area contributed by atoms with E-state index >= 15 is 0 Å². The zero-order valence-electron chi connectivity index (χ0n) is 16.5. The van der Waals surface area contributed by atoms with Gasteiger partial charge in [0.05, 0.1) is 20.0 Å². The lowest BCUT2D eigenvalue weighted by Crippen LogP contribution is -2.14. The Bertz CT molecular complexity index is 1010. The van der Waals surface area contributed by atoms with Crippen LogP contribution in [0.15, 0.2) is 71.6 Å². The van der Waals surface area contributed by atoms with Gasteiger partial charge in [-0.15, -0.1) is 11.8 Å². The van der Waals surface area contributed by atoms with Crippen LogP contribution < -0.4 is 14.8 Å². The lowest BCUT2D eigenvalue weighted by atomic mass is 10.1. The summed E-state index contributed by atoms with van der Waals surface area (Å²) in [5.41, 5.74) is 1.38. The molecule has 1 amide bonds. The van der Waals surface area contributed by atoms with E-state index in [1.807, 2.05) is 12.1 Å². The number of hydrogen-bond acceptors (Lipinski definition) is 5. The highest BCUT2D eigenvalue weighted by molar-refractivity contribution is 8.00. The summed E-state index contributed by atoms with van der Waals surface area (Å²) in [5.74, 6) is 0.256. The van der Waals surface area contributed by atoms with Crippen LogP contribution in [0, 0.1) is 5.82 Å². The third-order valence-corrected chi connectivity index (χ3v) is 5.32. The van der Waals surface area contributed by atoms with Crippen molar-refractivity contribution < 1.29 is 23.5 Å². The molecule has 3 rings (SSSR count). The number of amides is 1. The number of halogens is 1. The number of methoxy groups -OCH3 is 2. The van der Waals surface area contributed by atoms with Crippen LogP contribution >= 0.6 is 11.8 Å². The van der Waals surface area contributed by atoms with Crippen molar-refractivity contribution in [1.29, 1.82) is 0 Å². The molecule has 0 fully saturated rings. The van der Waals surface area contributed by atoms with Gasteiger partial charge in [0.25, 0.3) is 5.91 Å². The second-order valence-corrected chi connectivity index (χ2v) is 7.28. The summed E-state index contributed by atoms with van der Waals surface area (Å²) >= 11 is 1.37. The molecule has 0 radical (unpaired) electrons. The molecule has 0 aliphatic heterocycles. The van der Waals surface area contributed by atoms with Gasteiger partial charge in [-0.2, -0.15) is 0 Å². The summed E-state index contributed by atoms with van der Waals surface area (Å²) in [4.78, 5) is 25.8. The fraction of sp³-hybridized carbons (Fsp3) is 0.130. The molecule has 0 atom stereocenters. The van der Waals surface area contributed by atoms with Crippen LogP contribution in [0.2, 0.25) is 0 Å². The number of ether oxygens (including phenoxy) is 2. The molecule has 1 N–H and O–H groups in total. The van der Waals surface area contributed by atoms with Crippen LogP contribution in [0.1, 0.15) is 20.7 Å². The van der Waals surface area contributed by atoms with Crippen LogP contribution in [-0.2, 0) is 0 Å². The SMILES string of the molecule is COc1cccc(OC)c1C(=O)Nc1ccc(SCC(=O)c2ccc(F)cc2)cc1. The summed E-state index contributed by atoms with van der Waals surface area (Å²) in [6.45, 7) is 0. The minimum Gasteiger partial charge on any atom is -0.496 e. The lowest BCUT2D eigenvalue weighted by Gasteiger charge is -2.13. The molecule has 0 unspecified atom stereocenters. The maximum absolute atomic E-state index is 13.0. The maximum Gasteiger partial charge on any atom is 0.263 e. The molecule has 30 heavy (non-hydrogen) atoms. The molecule has 0 bridgehead atoms. The van der Waals surface area contributed by atoms with Gasteiger partial charge >= 0.3 is 0 Å². The minimum atomic E-state index is -0.373. The fourth-order valence-electron chi connectivity index (χ4n) is 2.77. The van der Waals surface area contributed by atoms with E-state index < -0.39 is 0 Å². The molecular formula is C23H20FNO4S. The first-order valence-electron chi connectivity index (χ1n) is 9.06. The predicted molar refractivity (Wildman–Crippen MR) is 115 cm³/mol. The van der Waals surface area contributed by atoms with Gasteiger partial charge in [0.2, 0.25) is 0 Å². The summed E-state index contributed by atoms with van der Waals surface area (Å²) in [5, 5.41) is 2.82. The van der Waals surface area contributed by atoms with Crippen molar-refractivity contribution >= 4 is 29.1 Å². The second-order valence-electron chi connectivity index (χ2n) is 6.23. The Hall–Kier alpha value is -3.32. The summed E-state index contributed by atoms with van der Waals surface area (Å²) < 4.78 is 23.5. The third kappa shape index (κ3) is 5.18. The van der Waals surface area contributed by atoms with Gasteiger partial charge in [-0.1, -0.05) is 6.07 Å². The molecule has 154 valence electrons. The molecule has 0 saturated heterocycles. The molecule has 5 nitrogen and oxygen atoms in total. The zero-order valence-corrected chi connectivity index (χ0v) is 17.3. The maximum atomic E-state index is 13.0. The Kier molecular flexibility index (Phi) is 7.08. The van der Waals surface area contributed by atoms with E-state index in [1.165, 1.54) is 50.2 Å². The highest BCUT2D eigenvalue weighted by Gasteiger charge is 2.18. The highest BCUT2D eigenvalue weighted by Crippen LogP contribution is 2.29. The average molecular weight is 425 g/mol. The number of carbonyl (C=O) groups is 2. The van der Waals surface area contributed by atoms with E-state index in [4.69, 9.17) is 9.47 Å². The Morgan fingerprint density at radius 1 is 0.900 bits per heavy atom. The third-order valence-electron chi connectivity index (χ3n) is 4.30. The molecule has 3 aromatic carbocycles.